The van der Waals surface area contributed by atoms with Crippen LogP contribution in [-0.2, 0) is 19.3 Å². The minimum atomic E-state index is -0.449. The van der Waals surface area contributed by atoms with Crippen LogP contribution in [0.3, 0.4) is 0 Å². The maximum absolute atomic E-state index is 11.8. The van der Waals surface area contributed by atoms with Crippen LogP contribution in [0, 0.1) is 0 Å². The number of benzene rings is 1. The van der Waals surface area contributed by atoms with Crippen molar-refractivity contribution in [3.05, 3.63) is 80.1 Å². The van der Waals surface area contributed by atoms with Crippen LogP contribution in [0.25, 0.3) is 0 Å². The summed E-state index contributed by atoms with van der Waals surface area (Å²) in [6.07, 6.45) is 4.94. The second kappa shape index (κ2) is 6.88. The average Bonchev–Trinajstić information content (AvgIpc) is 2.45. The van der Waals surface area contributed by atoms with Crippen LogP contribution in [0.5, 0.6) is 0 Å². The summed E-state index contributed by atoms with van der Waals surface area (Å²) < 4.78 is 0. The Bertz CT molecular complexity index is 741. The van der Waals surface area contributed by atoms with Crippen molar-refractivity contribution in [2.75, 3.05) is 0 Å². The Labute approximate surface area is 123 Å². The van der Waals surface area contributed by atoms with E-state index < -0.39 is 5.69 Å². The van der Waals surface area contributed by atoms with E-state index in [0.717, 1.165) is 18.4 Å². The van der Waals surface area contributed by atoms with E-state index in [9.17, 15) is 9.59 Å². The second-order valence-electron chi connectivity index (χ2n) is 5.04. The van der Waals surface area contributed by atoms with Crippen molar-refractivity contribution in [3.63, 3.8) is 0 Å². The Kier molecular flexibility index (Phi) is 4.93. The van der Waals surface area contributed by atoms with Crippen LogP contribution in [0.4, 0.5) is 0 Å². The molecule has 0 saturated carbocycles. The molecule has 21 heavy (non-hydrogen) atoms. The summed E-state index contributed by atoms with van der Waals surface area (Å²) in [4.78, 5) is 28.3. The molecule has 0 spiro atoms. The fourth-order valence-electron chi connectivity index (χ4n) is 2.45. The molecular formula is C17H20N2O2. The molecule has 110 valence electrons. The Balaban J connectivity index is 2.32. The molecule has 0 aliphatic carbocycles. The number of hydrogen-bond donors (Lipinski definition) is 2. The summed E-state index contributed by atoms with van der Waals surface area (Å²) in [5, 5.41) is 0. The fourth-order valence-corrected chi connectivity index (χ4v) is 2.45. The van der Waals surface area contributed by atoms with E-state index in [0.29, 0.717) is 24.1 Å². The molecule has 0 bridgehead atoms. The van der Waals surface area contributed by atoms with Crippen LogP contribution in [0.1, 0.15) is 35.7 Å². The van der Waals surface area contributed by atoms with Crippen LogP contribution >= 0.6 is 0 Å². The predicted octanol–water partition coefficient (Wildman–Crippen LogP) is 2.33. The zero-order valence-corrected chi connectivity index (χ0v) is 12.2. The van der Waals surface area contributed by atoms with Gasteiger partial charge in [0.2, 0.25) is 0 Å². The summed E-state index contributed by atoms with van der Waals surface area (Å²) in [5.74, 6) is 0. The molecule has 0 radical (unpaired) electrons. The maximum Gasteiger partial charge on any atom is 0.325 e. The van der Waals surface area contributed by atoms with Crippen molar-refractivity contribution in [1.82, 2.24) is 9.97 Å². The van der Waals surface area contributed by atoms with Gasteiger partial charge in [-0.05, 0) is 30.4 Å². The lowest BCUT2D eigenvalue weighted by atomic mass is 10.0. The molecule has 0 amide bonds. The van der Waals surface area contributed by atoms with Gasteiger partial charge in [0.25, 0.3) is 5.56 Å². The molecule has 2 N–H and O–H groups in total. The first-order valence-electron chi connectivity index (χ1n) is 7.17. The highest BCUT2D eigenvalue weighted by atomic mass is 16.2. The fraction of sp³-hybridized carbons (Fsp3) is 0.294. The first kappa shape index (κ1) is 15.0. The van der Waals surface area contributed by atoms with Gasteiger partial charge in [-0.2, -0.15) is 0 Å². The number of aromatic amines is 2. The highest BCUT2D eigenvalue weighted by molar-refractivity contribution is 5.29. The zero-order chi connectivity index (χ0) is 15.2. The van der Waals surface area contributed by atoms with Crippen molar-refractivity contribution in [2.24, 2.45) is 0 Å². The molecule has 4 heteroatoms. The molecule has 1 aromatic heterocycles. The topological polar surface area (TPSA) is 65.7 Å². The molecule has 0 aliphatic heterocycles. The van der Waals surface area contributed by atoms with E-state index in [2.05, 4.69) is 28.7 Å². The smallest absolute Gasteiger partial charge is 0.311 e. The molecule has 2 rings (SSSR count). The van der Waals surface area contributed by atoms with E-state index in [-0.39, 0.29) is 5.56 Å². The Morgan fingerprint density at radius 2 is 1.95 bits per heavy atom. The summed E-state index contributed by atoms with van der Waals surface area (Å²) in [6.45, 7) is 5.64. The number of nitrogens with one attached hydrogen (secondary N) is 2. The molecule has 0 aliphatic rings. The zero-order valence-electron chi connectivity index (χ0n) is 12.2. The van der Waals surface area contributed by atoms with Crippen LogP contribution in [0.15, 0.2) is 46.5 Å². The number of hydrogen-bond acceptors (Lipinski definition) is 2. The number of allylic oxidation sites excluding steroid dienone is 1. The number of aromatic nitrogens is 2. The first-order chi connectivity index (χ1) is 10.1. The number of H-pyrrole nitrogens is 2. The molecule has 0 saturated heterocycles. The molecular weight excluding hydrogens is 264 g/mol. The maximum atomic E-state index is 11.8. The van der Waals surface area contributed by atoms with Gasteiger partial charge in [-0.3, -0.25) is 9.78 Å². The van der Waals surface area contributed by atoms with Crippen molar-refractivity contribution in [3.8, 4) is 0 Å². The van der Waals surface area contributed by atoms with E-state index in [1.54, 1.807) is 0 Å². The van der Waals surface area contributed by atoms with Gasteiger partial charge in [0.05, 0.1) is 0 Å². The lowest BCUT2D eigenvalue weighted by Crippen LogP contribution is -2.28. The third-order valence-electron chi connectivity index (χ3n) is 3.49. The first-order valence-corrected chi connectivity index (χ1v) is 7.17. The molecule has 0 atom stereocenters. The predicted molar refractivity (Wildman–Crippen MR) is 84.8 cm³/mol. The van der Waals surface area contributed by atoms with Crippen molar-refractivity contribution < 1.29 is 0 Å². The van der Waals surface area contributed by atoms with Gasteiger partial charge in [0.15, 0.2) is 0 Å². The highest BCUT2D eigenvalue weighted by Crippen LogP contribution is 2.12. The number of rotatable bonds is 6. The Morgan fingerprint density at radius 1 is 1.19 bits per heavy atom. The van der Waals surface area contributed by atoms with Crippen LogP contribution in [-0.4, -0.2) is 9.97 Å². The van der Waals surface area contributed by atoms with E-state index in [4.69, 9.17) is 0 Å². The molecule has 1 aromatic carbocycles. The monoisotopic (exact) mass is 284 g/mol. The summed E-state index contributed by atoms with van der Waals surface area (Å²) >= 11 is 0. The van der Waals surface area contributed by atoms with Crippen LogP contribution in [0.2, 0.25) is 0 Å². The minimum Gasteiger partial charge on any atom is -0.311 e. The van der Waals surface area contributed by atoms with Crippen LogP contribution < -0.4 is 11.2 Å². The second-order valence-corrected chi connectivity index (χ2v) is 5.04. The largest absolute Gasteiger partial charge is 0.325 e. The van der Waals surface area contributed by atoms with Crippen molar-refractivity contribution in [1.29, 1.82) is 0 Å². The van der Waals surface area contributed by atoms with Gasteiger partial charge < -0.3 is 4.98 Å². The van der Waals surface area contributed by atoms with E-state index in [1.165, 1.54) is 5.56 Å². The minimum absolute atomic E-state index is 0.293. The lowest BCUT2D eigenvalue weighted by molar-refractivity contribution is 0.887. The van der Waals surface area contributed by atoms with Crippen molar-refractivity contribution in [2.45, 2.75) is 32.6 Å². The average molecular weight is 284 g/mol. The van der Waals surface area contributed by atoms with Crippen molar-refractivity contribution >= 4 is 0 Å². The van der Waals surface area contributed by atoms with Gasteiger partial charge in [-0.1, -0.05) is 37.3 Å². The van der Waals surface area contributed by atoms with E-state index >= 15 is 0 Å². The normalized spacial score (nSPS) is 10.5. The van der Waals surface area contributed by atoms with E-state index in [1.807, 2.05) is 25.1 Å². The third kappa shape index (κ3) is 3.81. The highest BCUT2D eigenvalue weighted by Gasteiger charge is 2.08. The molecule has 0 unspecified atom stereocenters. The third-order valence-corrected chi connectivity index (χ3v) is 3.49. The molecule has 2 aromatic rings. The Hall–Kier alpha value is -2.36. The summed E-state index contributed by atoms with van der Waals surface area (Å²) in [6, 6.07) is 8.21. The van der Waals surface area contributed by atoms with Gasteiger partial charge in [-0.15, -0.1) is 6.58 Å². The molecule has 1 heterocycles. The molecule has 0 fully saturated rings. The van der Waals surface area contributed by atoms with Gasteiger partial charge >= 0.3 is 5.69 Å². The Morgan fingerprint density at radius 3 is 2.67 bits per heavy atom. The standard InChI is InChI=1S/C17H20N2O2/c1-3-5-7-12-8-6-9-13(10-12)11-15-14(4-2)16(20)19-17(21)18-15/h3,6,8-10H,1,4-5,7,11H2,2H3,(H2,18,19,20,21). The summed E-state index contributed by atoms with van der Waals surface area (Å²) in [5.41, 5.74) is 2.93. The SMILES string of the molecule is C=CCCc1cccc(Cc2[nH]c(=O)[nH]c(=O)c2CC)c1. The molecule has 4 nitrogen and oxygen atoms in total. The lowest BCUT2D eigenvalue weighted by Gasteiger charge is -2.08. The van der Waals surface area contributed by atoms with Gasteiger partial charge in [-0.25, -0.2) is 4.79 Å². The number of aryl methyl sites for hydroxylation is 1. The van der Waals surface area contributed by atoms with Gasteiger partial charge in [0, 0.05) is 17.7 Å². The van der Waals surface area contributed by atoms with Gasteiger partial charge in [0.1, 0.15) is 0 Å². The summed E-state index contributed by atoms with van der Waals surface area (Å²) in [7, 11) is 0. The quantitative estimate of drug-likeness (QED) is 0.800.